The van der Waals surface area contributed by atoms with Crippen molar-refractivity contribution in [3.63, 3.8) is 0 Å². The second-order valence-electron chi connectivity index (χ2n) is 6.96. The molecule has 0 fully saturated rings. The highest BCUT2D eigenvalue weighted by Gasteiger charge is 2.31. The summed E-state index contributed by atoms with van der Waals surface area (Å²) in [6, 6.07) is 15.6. The van der Waals surface area contributed by atoms with Crippen LogP contribution < -0.4 is 9.47 Å². The fraction of sp³-hybridized carbons (Fsp3) is 0.0435. The quantitative estimate of drug-likeness (QED) is 0.131. The summed E-state index contributed by atoms with van der Waals surface area (Å²) in [6.07, 6.45) is -6.39. The summed E-state index contributed by atoms with van der Waals surface area (Å²) in [6.45, 7) is 0. The number of hydrogen-bond donors (Lipinski definition) is 1. The van der Waals surface area contributed by atoms with Gasteiger partial charge in [0.25, 0.3) is 5.69 Å². The molecule has 8 nitrogen and oxygen atoms in total. The van der Waals surface area contributed by atoms with Gasteiger partial charge in [-0.25, -0.2) is 9.78 Å². The van der Waals surface area contributed by atoms with E-state index in [9.17, 15) is 33.2 Å². The van der Waals surface area contributed by atoms with Crippen molar-refractivity contribution in [2.45, 2.75) is 6.36 Å². The van der Waals surface area contributed by atoms with Gasteiger partial charge in [-0.2, -0.15) is 0 Å². The van der Waals surface area contributed by atoms with Gasteiger partial charge in [0.2, 0.25) is 0 Å². The van der Waals surface area contributed by atoms with Gasteiger partial charge in [0, 0.05) is 28.1 Å². The highest BCUT2D eigenvalue weighted by molar-refractivity contribution is 7.13. The molecule has 0 saturated carbocycles. The Morgan fingerprint density at radius 1 is 1.00 bits per heavy atom. The smallest absolute Gasteiger partial charge is 0.449 e. The summed E-state index contributed by atoms with van der Waals surface area (Å²) in [7, 11) is 0. The molecule has 4 aromatic rings. The van der Waals surface area contributed by atoms with Crippen LogP contribution in [0.5, 0.6) is 11.5 Å². The number of hydrogen-bond acceptors (Lipinski definition) is 7. The summed E-state index contributed by atoms with van der Waals surface area (Å²) < 4.78 is 45.8. The molecule has 0 unspecified atom stereocenters. The van der Waals surface area contributed by atoms with Gasteiger partial charge in [-0.15, -0.1) is 24.5 Å². The van der Waals surface area contributed by atoms with E-state index in [0.29, 0.717) is 21.8 Å². The van der Waals surface area contributed by atoms with Gasteiger partial charge < -0.3 is 14.6 Å². The number of ether oxygens (including phenoxy) is 2. The highest BCUT2D eigenvalue weighted by Crippen LogP contribution is 2.40. The Hall–Kier alpha value is -4.45. The van der Waals surface area contributed by atoms with Crippen LogP contribution in [0.1, 0.15) is 0 Å². The van der Waals surface area contributed by atoms with E-state index in [2.05, 4.69) is 9.72 Å². The van der Waals surface area contributed by atoms with Crippen molar-refractivity contribution in [3.8, 4) is 44.5 Å². The SMILES string of the molecule is O=C(O)Oc1cc(-c2nc(-c3ccc(OC(F)(F)F)cc3)cs2)ccc1-c1ccccc1[N+](=O)[O-]. The van der Waals surface area contributed by atoms with Crippen molar-refractivity contribution < 1.29 is 37.5 Å². The minimum Gasteiger partial charge on any atom is -0.449 e. The molecule has 0 amide bonds. The van der Waals surface area contributed by atoms with Crippen molar-refractivity contribution in [1.29, 1.82) is 0 Å². The van der Waals surface area contributed by atoms with Crippen LogP contribution in [0.15, 0.2) is 72.1 Å². The minimum absolute atomic E-state index is 0.116. The molecule has 0 bridgehead atoms. The number of thiazole rings is 1. The average Bonchev–Trinajstić information content (AvgIpc) is 3.28. The number of para-hydroxylation sites is 1. The molecular weight excluding hydrogens is 489 g/mol. The lowest BCUT2D eigenvalue weighted by atomic mass is 10.0. The van der Waals surface area contributed by atoms with Crippen LogP contribution in [0, 0.1) is 10.1 Å². The van der Waals surface area contributed by atoms with Crippen LogP contribution in [-0.2, 0) is 0 Å². The first kappa shape index (κ1) is 23.7. The van der Waals surface area contributed by atoms with Gasteiger partial charge >= 0.3 is 12.5 Å². The van der Waals surface area contributed by atoms with Crippen LogP contribution in [0.25, 0.3) is 33.0 Å². The van der Waals surface area contributed by atoms with Gasteiger partial charge in [-0.3, -0.25) is 10.1 Å². The number of halogens is 3. The molecule has 0 spiro atoms. The molecule has 0 aliphatic rings. The van der Waals surface area contributed by atoms with Crippen molar-refractivity contribution in [2.75, 3.05) is 0 Å². The summed E-state index contributed by atoms with van der Waals surface area (Å²) >= 11 is 1.22. The second-order valence-corrected chi connectivity index (χ2v) is 7.82. The van der Waals surface area contributed by atoms with Crippen LogP contribution in [0.2, 0.25) is 0 Å². The van der Waals surface area contributed by atoms with Crippen molar-refractivity contribution in [2.24, 2.45) is 0 Å². The molecular formula is C23H13F3N2O6S. The van der Waals surface area contributed by atoms with Crippen molar-refractivity contribution in [1.82, 2.24) is 4.98 Å². The molecule has 0 atom stereocenters. The Balaban J connectivity index is 1.68. The van der Waals surface area contributed by atoms with Crippen molar-refractivity contribution >= 4 is 23.2 Å². The number of nitrogens with zero attached hydrogens (tertiary/aromatic N) is 2. The van der Waals surface area contributed by atoms with E-state index in [0.717, 1.165) is 0 Å². The topological polar surface area (TPSA) is 112 Å². The maximum absolute atomic E-state index is 12.4. The fourth-order valence-electron chi connectivity index (χ4n) is 3.28. The number of nitro groups is 1. The van der Waals surface area contributed by atoms with E-state index in [-0.39, 0.29) is 28.3 Å². The first-order chi connectivity index (χ1) is 16.6. The molecule has 12 heteroatoms. The molecule has 178 valence electrons. The molecule has 3 aromatic carbocycles. The van der Waals surface area contributed by atoms with E-state index < -0.39 is 17.4 Å². The summed E-state index contributed by atoms with van der Waals surface area (Å²) in [5, 5.41) is 22.7. The van der Waals surface area contributed by atoms with Crippen LogP contribution >= 0.6 is 11.3 Å². The van der Waals surface area contributed by atoms with E-state index >= 15 is 0 Å². The lowest BCUT2D eigenvalue weighted by Crippen LogP contribution is -2.16. The first-order valence-corrected chi connectivity index (χ1v) is 10.6. The van der Waals surface area contributed by atoms with Crippen molar-refractivity contribution in [3.05, 3.63) is 82.2 Å². The first-order valence-electron chi connectivity index (χ1n) is 9.71. The Kier molecular flexibility index (Phi) is 6.38. The number of nitro benzene ring substituents is 1. The van der Waals surface area contributed by atoms with Crippen LogP contribution in [-0.4, -0.2) is 27.5 Å². The Bertz CT molecular complexity index is 1400. The third-order valence-corrected chi connectivity index (χ3v) is 5.60. The normalized spacial score (nSPS) is 11.2. The van der Waals surface area contributed by atoms with Gasteiger partial charge in [-0.1, -0.05) is 18.2 Å². The predicted octanol–water partition coefficient (Wildman–Crippen LogP) is 7.01. The molecule has 0 aliphatic carbocycles. The molecule has 1 heterocycles. The van der Waals surface area contributed by atoms with Crippen LogP contribution in [0.4, 0.5) is 23.7 Å². The summed E-state index contributed by atoms with van der Waals surface area (Å²) in [5.41, 5.74) is 1.68. The van der Waals surface area contributed by atoms with E-state index in [1.807, 2.05) is 0 Å². The van der Waals surface area contributed by atoms with E-state index in [4.69, 9.17) is 4.74 Å². The zero-order chi connectivity index (χ0) is 25.2. The lowest BCUT2D eigenvalue weighted by molar-refractivity contribution is -0.384. The summed E-state index contributed by atoms with van der Waals surface area (Å²) in [4.78, 5) is 26.6. The van der Waals surface area contributed by atoms with Gasteiger partial charge in [0.05, 0.1) is 16.2 Å². The number of alkyl halides is 3. The number of benzene rings is 3. The molecule has 1 N–H and O–H groups in total. The van der Waals surface area contributed by atoms with Gasteiger partial charge in [0.15, 0.2) is 0 Å². The van der Waals surface area contributed by atoms with Crippen LogP contribution in [0.3, 0.4) is 0 Å². The monoisotopic (exact) mass is 502 g/mol. The highest BCUT2D eigenvalue weighted by atomic mass is 32.1. The number of aromatic nitrogens is 1. The Morgan fingerprint density at radius 2 is 1.69 bits per heavy atom. The maximum Gasteiger partial charge on any atom is 0.573 e. The lowest BCUT2D eigenvalue weighted by Gasteiger charge is -2.10. The van der Waals surface area contributed by atoms with E-state index in [1.165, 1.54) is 65.9 Å². The molecule has 1 aromatic heterocycles. The Labute approximate surface area is 199 Å². The predicted molar refractivity (Wildman–Crippen MR) is 120 cm³/mol. The molecule has 4 rings (SSSR count). The minimum atomic E-state index is -4.79. The van der Waals surface area contributed by atoms with E-state index in [1.54, 1.807) is 17.5 Å². The standard InChI is InChI=1S/C23H13F3N2O6S/c24-23(25,26)34-15-8-5-13(6-9-15)18-12-35-21(27-18)14-7-10-17(20(11-14)33-22(29)30)16-3-1-2-4-19(16)28(31)32/h1-12H,(H,29,30). The number of carboxylic acid groups (broad SMARTS) is 1. The second kappa shape index (κ2) is 9.43. The third-order valence-electron chi connectivity index (χ3n) is 4.70. The fourth-order valence-corrected chi connectivity index (χ4v) is 4.11. The Morgan fingerprint density at radius 3 is 2.34 bits per heavy atom. The van der Waals surface area contributed by atoms with Gasteiger partial charge in [-0.05, 0) is 42.5 Å². The third kappa shape index (κ3) is 5.55. The zero-order valence-electron chi connectivity index (χ0n) is 17.4. The molecule has 0 saturated heterocycles. The summed E-state index contributed by atoms with van der Waals surface area (Å²) in [5.74, 6) is -0.479. The molecule has 0 radical (unpaired) electrons. The molecule has 35 heavy (non-hydrogen) atoms. The number of carbonyl (C=O) groups is 1. The average molecular weight is 502 g/mol. The zero-order valence-corrected chi connectivity index (χ0v) is 18.2. The molecule has 0 aliphatic heterocycles. The largest absolute Gasteiger partial charge is 0.573 e. The maximum atomic E-state index is 12.4. The van der Waals surface area contributed by atoms with Gasteiger partial charge in [0.1, 0.15) is 16.5 Å². The number of rotatable bonds is 6.